The first-order valence-corrected chi connectivity index (χ1v) is 9.60. The Bertz CT molecular complexity index is 660. The zero-order valence-electron chi connectivity index (χ0n) is 15.4. The summed E-state index contributed by atoms with van der Waals surface area (Å²) in [6.07, 6.45) is 2.26. The Balaban J connectivity index is 2.14. The van der Waals surface area contributed by atoms with Gasteiger partial charge in [0, 0.05) is 0 Å². The highest BCUT2D eigenvalue weighted by Gasteiger charge is 2.27. The van der Waals surface area contributed by atoms with Crippen LogP contribution in [-0.4, -0.2) is 43.9 Å². The number of likely N-dealkylation sites (tertiary alicyclic amines) is 1. The van der Waals surface area contributed by atoms with E-state index in [1.165, 1.54) is 11.8 Å². The highest BCUT2D eigenvalue weighted by molar-refractivity contribution is 7.18. The molecule has 0 aliphatic carbocycles. The van der Waals surface area contributed by atoms with Crippen molar-refractivity contribution in [1.82, 2.24) is 0 Å². The molecule has 1 aliphatic heterocycles. The summed E-state index contributed by atoms with van der Waals surface area (Å²) in [5.74, 6) is -0.0332. The first kappa shape index (κ1) is 19.6. The Morgan fingerprint density at radius 1 is 1.28 bits per heavy atom. The van der Waals surface area contributed by atoms with Crippen LogP contribution in [0.15, 0.2) is 0 Å². The van der Waals surface area contributed by atoms with Crippen LogP contribution in [0.4, 0.5) is 5.00 Å². The molecule has 0 saturated carbocycles. The van der Waals surface area contributed by atoms with Crippen LogP contribution in [0.1, 0.15) is 59.2 Å². The number of quaternary nitrogens is 1. The molecule has 0 radical (unpaired) electrons. The van der Waals surface area contributed by atoms with E-state index in [2.05, 4.69) is 12.2 Å². The van der Waals surface area contributed by atoms with Crippen molar-refractivity contribution >= 4 is 34.0 Å². The third kappa shape index (κ3) is 4.89. The molecule has 138 valence electrons. The van der Waals surface area contributed by atoms with Crippen molar-refractivity contribution in [1.29, 1.82) is 0 Å². The monoisotopic (exact) mass is 367 g/mol. The number of piperidine rings is 1. The van der Waals surface area contributed by atoms with E-state index in [4.69, 9.17) is 4.74 Å². The molecule has 0 unspecified atom stereocenters. The Hall–Kier alpha value is -1.73. The van der Waals surface area contributed by atoms with Crippen molar-refractivity contribution in [3.63, 3.8) is 0 Å². The lowest BCUT2D eigenvalue weighted by Gasteiger charge is -2.26. The van der Waals surface area contributed by atoms with Crippen molar-refractivity contribution in [2.75, 3.05) is 31.6 Å². The maximum Gasteiger partial charge on any atom is 0.341 e. The lowest BCUT2D eigenvalue weighted by molar-refractivity contribution is -0.897. The average Bonchev–Trinajstić information content (AvgIpc) is 2.86. The number of carbonyl (C=O) groups is 3. The van der Waals surface area contributed by atoms with Gasteiger partial charge in [0.25, 0.3) is 5.91 Å². The molecule has 2 N–H and O–H groups in total. The molecule has 1 amide bonds. The maximum absolute atomic E-state index is 12.4. The predicted molar refractivity (Wildman–Crippen MR) is 97.6 cm³/mol. The van der Waals surface area contributed by atoms with Gasteiger partial charge in [0.05, 0.1) is 30.1 Å². The second kappa shape index (κ2) is 8.58. The zero-order valence-corrected chi connectivity index (χ0v) is 16.2. The number of ether oxygens (including phenoxy) is 1. The number of ketones is 1. The van der Waals surface area contributed by atoms with E-state index in [-0.39, 0.29) is 18.3 Å². The Kier molecular flexibility index (Phi) is 6.72. The van der Waals surface area contributed by atoms with Gasteiger partial charge in [-0.15, -0.1) is 11.3 Å². The van der Waals surface area contributed by atoms with E-state index in [1.807, 2.05) is 0 Å². The van der Waals surface area contributed by atoms with Crippen LogP contribution in [0.3, 0.4) is 0 Å². The van der Waals surface area contributed by atoms with Gasteiger partial charge in [-0.3, -0.25) is 9.59 Å². The van der Waals surface area contributed by atoms with Gasteiger partial charge in [-0.25, -0.2) is 4.79 Å². The zero-order chi connectivity index (χ0) is 18.6. The third-order valence-electron chi connectivity index (χ3n) is 4.59. The summed E-state index contributed by atoms with van der Waals surface area (Å²) in [5.41, 5.74) is 0.873. The van der Waals surface area contributed by atoms with Crippen molar-refractivity contribution in [2.45, 2.75) is 40.5 Å². The summed E-state index contributed by atoms with van der Waals surface area (Å²) < 4.78 is 5.09. The summed E-state index contributed by atoms with van der Waals surface area (Å²) in [6, 6.07) is 0. The molecule has 7 heteroatoms. The number of nitrogens with one attached hydrogen (secondary N) is 2. The predicted octanol–water partition coefficient (Wildman–Crippen LogP) is 1.69. The number of esters is 1. The fourth-order valence-corrected chi connectivity index (χ4v) is 4.24. The fraction of sp³-hybridized carbons (Fsp3) is 0.611. The summed E-state index contributed by atoms with van der Waals surface area (Å²) in [5, 5.41) is 3.24. The molecule has 0 aromatic carbocycles. The van der Waals surface area contributed by atoms with Crippen LogP contribution in [-0.2, 0) is 9.53 Å². The van der Waals surface area contributed by atoms with Gasteiger partial charge in [-0.1, -0.05) is 6.92 Å². The molecule has 1 saturated heterocycles. The topological polar surface area (TPSA) is 76.9 Å². The Morgan fingerprint density at radius 2 is 1.92 bits per heavy atom. The highest BCUT2D eigenvalue weighted by atomic mass is 32.1. The number of anilines is 1. The Labute approximate surface area is 152 Å². The molecule has 0 spiro atoms. The van der Waals surface area contributed by atoms with Crippen LogP contribution < -0.4 is 10.2 Å². The molecule has 1 fully saturated rings. The minimum Gasteiger partial charge on any atom is -0.462 e. The number of rotatable bonds is 6. The number of hydrogen-bond donors (Lipinski definition) is 2. The van der Waals surface area contributed by atoms with Gasteiger partial charge in [0.2, 0.25) is 0 Å². The summed E-state index contributed by atoms with van der Waals surface area (Å²) in [4.78, 5) is 38.2. The molecule has 1 aliphatic rings. The van der Waals surface area contributed by atoms with E-state index in [9.17, 15) is 14.4 Å². The SMILES string of the molecule is CCOC(=O)c1c(NC(=O)C[NH+]2CCC(C)CC2)sc(C(C)=O)c1C. The second-order valence-electron chi connectivity index (χ2n) is 6.69. The van der Waals surface area contributed by atoms with Gasteiger partial charge in [-0.05, 0) is 45.1 Å². The molecule has 0 atom stereocenters. The summed E-state index contributed by atoms with van der Waals surface area (Å²) >= 11 is 1.15. The molecular weight excluding hydrogens is 340 g/mol. The molecule has 2 heterocycles. The molecule has 6 nitrogen and oxygen atoms in total. The van der Waals surface area contributed by atoms with E-state index in [0.717, 1.165) is 43.2 Å². The largest absolute Gasteiger partial charge is 0.462 e. The molecule has 25 heavy (non-hydrogen) atoms. The lowest BCUT2D eigenvalue weighted by atomic mass is 9.99. The van der Waals surface area contributed by atoms with Crippen LogP contribution in [0.2, 0.25) is 0 Å². The van der Waals surface area contributed by atoms with Crippen molar-refractivity contribution < 1.29 is 24.0 Å². The maximum atomic E-state index is 12.4. The first-order chi connectivity index (χ1) is 11.8. The first-order valence-electron chi connectivity index (χ1n) is 8.78. The number of thiophene rings is 1. The minimum absolute atomic E-state index is 0.121. The summed E-state index contributed by atoms with van der Waals surface area (Å²) in [7, 11) is 0. The van der Waals surface area contributed by atoms with Crippen LogP contribution in [0.5, 0.6) is 0 Å². The fourth-order valence-electron chi connectivity index (χ4n) is 3.13. The van der Waals surface area contributed by atoms with Crippen LogP contribution in [0.25, 0.3) is 0 Å². The normalized spacial score (nSPS) is 20.2. The third-order valence-corrected chi connectivity index (χ3v) is 5.90. The lowest BCUT2D eigenvalue weighted by Crippen LogP contribution is -3.14. The Morgan fingerprint density at radius 3 is 2.48 bits per heavy atom. The molecular formula is C18H27N2O4S+. The van der Waals surface area contributed by atoms with Crippen LogP contribution in [0, 0.1) is 12.8 Å². The smallest absolute Gasteiger partial charge is 0.341 e. The van der Waals surface area contributed by atoms with Gasteiger partial charge in [-0.2, -0.15) is 0 Å². The van der Waals surface area contributed by atoms with E-state index < -0.39 is 5.97 Å². The highest BCUT2D eigenvalue weighted by Crippen LogP contribution is 2.34. The van der Waals surface area contributed by atoms with Crippen molar-refractivity contribution in [3.05, 3.63) is 16.0 Å². The number of Topliss-reactive ketones (excluding diaryl/α,β-unsaturated/α-hetero) is 1. The van der Waals surface area contributed by atoms with Gasteiger partial charge in [0.1, 0.15) is 5.00 Å². The van der Waals surface area contributed by atoms with E-state index in [1.54, 1.807) is 13.8 Å². The minimum atomic E-state index is -0.502. The standard InChI is InChI=1S/C18H26N2O4S/c1-5-24-18(23)15-12(3)16(13(4)21)25-17(15)19-14(22)10-20-8-6-11(2)7-9-20/h11H,5-10H2,1-4H3,(H,19,22)/p+1. The average molecular weight is 367 g/mol. The van der Waals surface area contributed by atoms with Gasteiger partial charge >= 0.3 is 5.97 Å². The number of amides is 1. The second-order valence-corrected chi connectivity index (χ2v) is 7.72. The quantitative estimate of drug-likeness (QED) is 0.593. The van der Waals surface area contributed by atoms with Crippen molar-refractivity contribution in [2.24, 2.45) is 5.92 Å². The van der Waals surface area contributed by atoms with Crippen LogP contribution >= 0.6 is 11.3 Å². The van der Waals surface area contributed by atoms with Crippen molar-refractivity contribution in [3.8, 4) is 0 Å². The number of carbonyl (C=O) groups excluding carboxylic acids is 3. The molecule has 1 aromatic rings. The van der Waals surface area contributed by atoms with Gasteiger partial charge in [0.15, 0.2) is 12.3 Å². The van der Waals surface area contributed by atoms with E-state index >= 15 is 0 Å². The summed E-state index contributed by atoms with van der Waals surface area (Å²) in [6.45, 7) is 9.73. The molecule has 0 bridgehead atoms. The molecule has 2 rings (SSSR count). The molecule has 1 aromatic heterocycles. The van der Waals surface area contributed by atoms with Gasteiger partial charge < -0.3 is 15.0 Å². The number of hydrogen-bond acceptors (Lipinski definition) is 5. The van der Waals surface area contributed by atoms with E-state index in [0.29, 0.717) is 27.5 Å².